The summed E-state index contributed by atoms with van der Waals surface area (Å²) in [6.07, 6.45) is -0.110. The highest BCUT2D eigenvalue weighted by molar-refractivity contribution is 6.17. The fourth-order valence-electron chi connectivity index (χ4n) is 7.24. The first kappa shape index (κ1) is 27.4. The highest BCUT2D eigenvalue weighted by Gasteiger charge is 2.23. The molecule has 0 aliphatic rings. The van der Waals surface area contributed by atoms with Gasteiger partial charge in [0.25, 0.3) is 0 Å². The maximum absolute atomic E-state index is 9.16. The molecule has 7 aromatic rings. The Morgan fingerprint density at radius 2 is 1.39 bits per heavy atom. The van der Waals surface area contributed by atoms with Crippen LogP contribution >= 0.6 is 0 Å². The summed E-state index contributed by atoms with van der Waals surface area (Å²) in [6.45, 7) is 18.4. The summed E-state index contributed by atoms with van der Waals surface area (Å²) in [5.41, 5.74) is 7.58. The summed E-state index contributed by atoms with van der Waals surface area (Å²) in [4.78, 5) is 4.81. The molecule has 2 heterocycles. The fourth-order valence-corrected chi connectivity index (χ4v) is 7.24. The van der Waals surface area contributed by atoms with Crippen molar-refractivity contribution in [2.45, 2.75) is 99.7 Å². The Labute approximate surface area is 299 Å². The molecular formula is C47H51NO. The fraction of sp³-hybridized carbons (Fsp3) is 0.340. The highest BCUT2D eigenvalue weighted by atomic mass is 16.3. The zero-order valence-electron chi connectivity index (χ0n) is 35.6. The molecule has 2 nitrogen and oxygen atoms in total. The van der Waals surface area contributed by atoms with Crippen LogP contribution in [0, 0.1) is 12.3 Å². The van der Waals surface area contributed by atoms with Gasteiger partial charge in [0, 0.05) is 29.4 Å². The molecular weight excluding hydrogens is 595 g/mol. The monoisotopic (exact) mass is 650 g/mol. The molecule has 2 heteroatoms. The molecule has 0 bridgehead atoms. The van der Waals surface area contributed by atoms with Crippen molar-refractivity contribution >= 4 is 43.5 Å². The van der Waals surface area contributed by atoms with Gasteiger partial charge in [-0.2, -0.15) is 0 Å². The number of benzene rings is 5. The lowest BCUT2D eigenvalue weighted by molar-refractivity contribution is 0.411. The third-order valence-corrected chi connectivity index (χ3v) is 9.73. The second kappa shape index (κ2) is 11.9. The Kier molecular flexibility index (Phi) is 6.64. The van der Waals surface area contributed by atoms with E-state index < -0.39 is 18.6 Å². The summed E-state index contributed by atoms with van der Waals surface area (Å²) in [7, 11) is 0. The van der Waals surface area contributed by atoms with Gasteiger partial charge in [-0.1, -0.05) is 118 Å². The van der Waals surface area contributed by atoms with E-state index in [2.05, 4.69) is 97.0 Å². The number of hydrogen-bond acceptors (Lipinski definition) is 2. The molecule has 250 valence electrons. The minimum Gasteiger partial charge on any atom is -0.455 e. The van der Waals surface area contributed by atoms with Gasteiger partial charge in [0.2, 0.25) is 0 Å². The zero-order valence-corrected chi connectivity index (χ0v) is 30.6. The van der Waals surface area contributed by atoms with Crippen molar-refractivity contribution in [2.75, 3.05) is 0 Å². The van der Waals surface area contributed by atoms with Crippen molar-refractivity contribution in [3.05, 3.63) is 113 Å². The van der Waals surface area contributed by atoms with Gasteiger partial charge < -0.3 is 4.42 Å². The molecule has 0 saturated carbocycles. The first-order chi connectivity index (χ1) is 25.1. The number of para-hydroxylation sites is 1. The smallest absolute Gasteiger partial charge is 0.144 e. The Morgan fingerprint density at radius 3 is 2.04 bits per heavy atom. The van der Waals surface area contributed by atoms with E-state index in [0.29, 0.717) is 22.4 Å². The lowest BCUT2D eigenvalue weighted by atomic mass is 9.79. The number of hydrogen-bond donors (Lipinski definition) is 0. The Morgan fingerprint density at radius 1 is 0.714 bits per heavy atom. The van der Waals surface area contributed by atoms with Gasteiger partial charge >= 0.3 is 0 Å². The summed E-state index contributed by atoms with van der Waals surface area (Å²) in [5.74, 6) is -0.00411. The van der Waals surface area contributed by atoms with E-state index in [-0.39, 0.29) is 22.8 Å². The van der Waals surface area contributed by atoms with Gasteiger partial charge in [0.05, 0.1) is 5.69 Å². The SMILES string of the molecule is [2H]C([2H])([2H])c1cnc(-c2cccc3c2oc2cc4c(ccc5ccc(C(C)(C)C)cc54)cc23)cc1-c1c(C(C)C)cc(C([2H])([2H])C(C)(C)C)cc1C(C)C. The van der Waals surface area contributed by atoms with Crippen molar-refractivity contribution in [1.82, 2.24) is 4.98 Å². The number of aryl methyl sites for hydroxylation is 1. The van der Waals surface area contributed by atoms with E-state index in [0.717, 1.165) is 49.4 Å². The standard InChI is InChI=1S/C47H51NO/c1-27(2)36-19-30(25-46(6,7)8)20-37(28(3)4)44(36)38-23-42(48-26-29(38)5)35-14-12-13-34-41-21-32-16-15-31-17-18-33(47(9,10)11)22-39(31)40(32)24-43(41)49-45(34)35/h12-24,26-28H,25H2,1-11H3/i5D3,25D2. The first-order valence-corrected chi connectivity index (χ1v) is 17.6. The van der Waals surface area contributed by atoms with Gasteiger partial charge in [0.1, 0.15) is 11.2 Å². The van der Waals surface area contributed by atoms with Crippen LogP contribution in [-0.4, -0.2) is 4.98 Å². The maximum atomic E-state index is 9.16. The maximum Gasteiger partial charge on any atom is 0.144 e. The van der Waals surface area contributed by atoms with Crippen LogP contribution in [0.15, 0.2) is 89.5 Å². The molecule has 0 radical (unpaired) electrons. The normalized spacial score (nSPS) is 14.9. The van der Waals surface area contributed by atoms with E-state index in [9.17, 15) is 0 Å². The summed E-state index contributed by atoms with van der Waals surface area (Å²) < 4.78 is 50.9. The number of fused-ring (bicyclic) bond motifs is 6. The van der Waals surface area contributed by atoms with Crippen LogP contribution < -0.4 is 0 Å². The Bertz CT molecular complexity index is 2560. The van der Waals surface area contributed by atoms with E-state index >= 15 is 0 Å². The van der Waals surface area contributed by atoms with Gasteiger partial charge in [0.15, 0.2) is 0 Å². The predicted molar refractivity (Wildman–Crippen MR) is 212 cm³/mol. The molecule has 7 rings (SSSR count). The molecule has 0 N–H and O–H groups in total. The van der Waals surface area contributed by atoms with Gasteiger partial charge in [-0.25, -0.2) is 0 Å². The molecule has 49 heavy (non-hydrogen) atoms. The third kappa shape index (κ3) is 6.05. The van der Waals surface area contributed by atoms with Gasteiger partial charge in [-0.3, -0.25) is 4.98 Å². The Balaban J connectivity index is 1.49. The third-order valence-electron chi connectivity index (χ3n) is 9.73. The molecule has 0 saturated heterocycles. The zero-order chi connectivity index (χ0) is 39.3. The topological polar surface area (TPSA) is 26.0 Å². The van der Waals surface area contributed by atoms with Crippen LogP contribution in [0.1, 0.15) is 116 Å². The van der Waals surface area contributed by atoms with Crippen molar-refractivity contribution in [1.29, 1.82) is 0 Å². The largest absolute Gasteiger partial charge is 0.455 e. The van der Waals surface area contributed by atoms with E-state index in [4.69, 9.17) is 16.3 Å². The second-order valence-electron chi connectivity index (χ2n) is 16.4. The molecule has 2 aromatic heterocycles. The molecule has 0 fully saturated rings. The number of pyridine rings is 1. The second-order valence-corrected chi connectivity index (χ2v) is 16.4. The van der Waals surface area contributed by atoms with Crippen LogP contribution in [0.5, 0.6) is 0 Å². The van der Waals surface area contributed by atoms with Gasteiger partial charge in [-0.15, -0.1) is 0 Å². The molecule has 0 spiro atoms. The minimum absolute atomic E-state index is 0.00206. The molecule has 0 atom stereocenters. The lowest BCUT2D eigenvalue weighted by Crippen LogP contribution is -2.11. The number of nitrogens with zero attached hydrogens (tertiary/aromatic N) is 1. The molecule has 5 aromatic carbocycles. The first-order valence-electron chi connectivity index (χ1n) is 20.1. The van der Waals surface area contributed by atoms with Crippen LogP contribution in [0.2, 0.25) is 0 Å². The van der Waals surface area contributed by atoms with Crippen LogP contribution in [0.3, 0.4) is 0 Å². The molecule has 0 amide bonds. The van der Waals surface area contributed by atoms with Crippen LogP contribution in [0.4, 0.5) is 0 Å². The quantitative estimate of drug-likeness (QED) is 0.173. The van der Waals surface area contributed by atoms with Gasteiger partial charge in [-0.05, 0) is 127 Å². The van der Waals surface area contributed by atoms with Crippen molar-refractivity contribution in [3.63, 3.8) is 0 Å². The van der Waals surface area contributed by atoms with E-state index in [1.165, 1.54) is 22.5 Å². The Hall–Kier alpha value is -4.43. The summed E-state index contributed by atoms with van der Waals surface area (Å²) in [5, 5.41) is 6.63. The predicted octanol–water partition coefficient (Wildman–Crippen LogP) is 14.1. The average Bonchev–Trinajstić information content (AvgIpc) is 3.45. The van der Waals surface area contributed by atoms with Crippen LogP contribution in [0.25, 0.3) is 65.9 Å². The number of aromatic nitrogens is 1. The van der Waals surface area contributed by atoms with Crippen molar-refractivity contribution in [3.8, 4) is 22.4 Å². The molecule has 0 aliphatic carbocycles. The number of rotatable bonds is 5. The summed E-state index contributed by atoms with van der Waals surface area (Å²) in [6, 6.07) is 27.3. The highest BCUT2D eigenvalue weighted by Crippen LogP contribution is 2.43. The average molecular weight is 651 g/mol. The lowest BCUT2D eigenvalue weighted by Gasteiger charge is -2.26. The van der Waals surface area contributed by atoms with Crippen molar-refractivity contribution < 1.29 is 11.3 Å². The summed E-state index contributed by atoms with van der Waals surface area (Å²) >= 11 is 0. The minimum atomic E-state index is -2.43. The molecule has 0 aliphatic heterocycles. The van der Waals surface area contributed by atoms with Crippen molar-refractivity contribution in [2.24, 2.45) is 5.41 Å². The molecule has 0 unspecified atom stereocenters. The van der Waals surface area contributed by atoms with Crippen LogP contribution in [-0.2, 0) is 11.8 Å². The van der Waals surface area contributed by atoms with E-state index in [1.54, 1.807) is 0 Å². The number of furan rings is 1. The van der Waals surface area contributed by atoms with E-state index in [1.807, 2.05) is 51.1 Å².